The number of aliphatic imine (C=N–C) groups is 1. The second-order valence-electron chi connectivity index (χ2n) is 5.95. The second kappa shape index (κ2) is 6.30. The maximum atomic E-state index is 12.3. The van der Waals surface area contributed by atoms with Crippen LogP contribution in [-0.4, -0.2) is 15.8 Å². The van der Waals surface area contributed by atoms with Crippen molar-refractivity contribution in [3.05, 3.63) is 73.5 Å². The molecular weight excluding hydrogens is 354 g/mol. The fraction of sp³-hybridized carbons (Fsp3) is 0.167. The molecule has 3 N–H and O–H groups in total. The van der Waals surface area contributed by atoms with Gasteiger partial charge in [-0.25, -0.2) is 0 Å². The molecule has 0 unspecified atom stereocenters. The van der Waals surface area contributed by atoms with E-state index in [2.05, 4.69) is 15.3 Å². The first-order chi connectivity index (χ1) is 12.5. The Kier molecular flexibility index (Phi) is 3.96. The van der Waals surface area contributed by atoms with Gasteiger partial charge in [-0.1, -0.05) is 12.1 Å². The predicted octanol–water partition coefficient (Wildman–Crippen LogP) is 3.08. The van der Waals surface area contributed by atoms with E-state index in [1.165, 1.54) is 0 Å². The molecule has 0 fully saturated rings. The van der Waals surface area contributed by atoms with E-state index >= 15 is 0 Å². The summed E-state index contributed by atoms with van der Waals surface area (Å²) >= 11 is 0.576. The molecule has 3 aromatic rings. The van der Waals surface area contributed by atoms with Crippen molar-refractivity contribution < 1.29 is 9.52 Å². The van der Waals surface area contributed by atoms with Crippen LogP contribution in [0.4, 0.5) is 11.4 Å². The van der Waals surface area contributed by atoms with Crippen molar-refractivity contribution in [1.29, 1.82) is 0 Å². The van der Waals surface area contributed by atoms with Crippen LogP contribution in [0.5, 0.6) is 5.06 Å². The third kappa shape index (κ3) is 2.95. The first kappa shape index (κ1) is 16.3. The van der Waals surface area contributed by atoms with Gasteiger partial charge in [0.05, 0.1) is 23.1 Å². The van der Waals surface area contributed by atoms with Gasteiger partial charge in [0.2, 0.25) is 0 Å². The number of para-hydroxylation sites is 2. The summed E-state index contributed by atoms with van der Waals surface area (Å²) in [6, 6.07) is 10.9. The minimum absolute atomic E-state index is 0.0152. The Morgan fingerprint density at radius 2 is 2.04 bits per heavy atom. The number of hydrogen-bond acceptors (Lipinski definition) is 7. The van der Waals surface area contributed by atoms with Gasteiger partial charge in [0.25, 0.3) is 5.56 Å². The zero-order valence-corrected chi connectivity index (χ0v) is 14.6. The Labute approximate surface area is 151 Å². The average Bonchev–Trinajstić information content (AvgIpc) is 2.92. The highest BCUT2D eigenvalue weighted by Crippen LogP contribution is 2.36. The molecule has 0 aliphatic carbocycles. The number of anilines is 1. The van der Waals surface area contributed by atoms with Gasteiger partial charge in [0.15, 0.2) is 5.06 Å². The zero-order chi connectivity index (χ0) is 18.3. The number of hydrogen-bond donors (Lipinski definition) is 3. The number of aryl methyl sites for hydroxylation is 1. The largest absolute Gasteiger partial charge is 0.499 e. The van der Waals surface area contributed by atoms with Crippen LogP contribution in [0, 0.1) is 6.92 Å². The van der Waals surface area contributed by atoms with Crippen LogP contribution < -0.4 is 15.7 Å². The Morgan fingerprint density at radius 3 is 2.77 bits per heavy atom. The van der Waals surface area contributed by atoms with Crippen molar-refractivity contribution >= 4 is 28.4 Å². The van der Waals surface area contributed by atoms with E-state index in [0.29, 0.717) is 34.9 Å². The van der Waals surface area contributed by atoms with Crippen LogP contribution in [0.3, 0.4) is 0 Å². The van der Waals surface area contributed by atoms with Gasteiger partial charge < -0.3 is 14.8 Å². The molecule has 0 amide bonds. The summed E-state index contributed by atoms with van der Waals surface area (Å²) in [5.41, 5.74) is 1.18. The maximum Gasteiger partial charge on any atom is 0.310 e. The number of nitrogens with zero attached hydrogens (tertiary/aromatic N) is 1. The number of aromatic nitrogens is 1. The van der Waals surface area contributed by atoms with Crippen LogP contribution in [0.15, 0.2) is 55.4 Å². The Morgan fingerprint density at radius 1 is 1.23 bits per heavy atom. The Balaban J connectivity index is 1.89. The molecule has 0 saturated carbocycles. The fourth-order valence-electron chi connectivity index (χ4n) is 2.96. The number of nitrogens with one attached hydrogen (secondary N) is 2. The van der Waals surface area contributed by atoms with Gasteiger partial charge in [0.1, 0.15) is 17.1 Å². The summed E-state index contributed by atoms with van der Waals surface area (Å²) in [4.78, 5) is 29.9. The first-order valence-electron chi connectivity index (χ1n) is 7.97. The zero-order valence-electron chi connectivity index (χ0n) is 13.8. The molecule has 1 aliphatic heterocycles. The monoisotopic (exact) mass is 369 g/mol. The summed E-state index contributed by atoms with van der Waals surface area (Å²) in [6.07, 6.45) is 0.309. The molecule has 1 atom stereocenters. The standard InChI is InChI=1S/C18H15N3O4S/c1-9-6-7-14(25-9)12-8-13(15-16(22)21-18(24)26-17(15)23)20-11-5-3-2-4-10(11)19-12/h2-7,12,19,23H,8H2,1H3,(H,21,22,24)/t12-/m0/s1. The molecule has 132 valence electrons. The van der Waals surface area contributed by atoms with Gasteiger partial charge in [-0.15, -0.1) is 0 Å². The molecule has 7 nitrogen and oxygen atoms in total. The van der Waals surface area contributed by atoms with Crippen LogP contribution >= 0.6 is 11.3 Å². The quantitative estimate of drug-likeness (QED) is 0.643. The Bertz CT molecular complexity index is 1130. The summed E-state index contributed by atoms with van der Waals surface area (Å²) < 4.78 is 5.74. The van der Waals surface area contributed by atoms with Crippen LogP contribution in [0.1, 0.15) is 29.5 Å². The third-order valence-electron chi connectivity index (χ3n) is 4.13. The number of benzene rings is 1. The number of furan rings is 1. The lowest BCUT2D eigenvalue weighted by molar-refractivity contribution is 0.460. The lowest BCUT2D eigenvalue weighted by atomic mass is 10.0. The summed E-state index contributed by atoms with van der Waals surface area (Å²) in [6.45, 7) is 1.86. The molecule has 4 rings (SSSR count). The van der Waals surface area contributed by atoms with Crippen LogP contribution in [-0.2, 0) is 0 Å². The minimum Gasteiger partial charge on any atom is -0.499 e. The number of H-pyrrole nitrogens is 1. The van der Waals surface area contributed by atoms with E-state index in [1.54, 1.807) is 0 Å². The molecule has 0 bridgehead atoms. The van der Waals surface area contributed by atoms with E-state index in [1.807, 2.05) is 43.3 Å². The smallest absolute Gasteiger partial charge is 0.310 e. The lowest BCUT2D eigenvalue weighted by Gasteiger charge is -2.16. The molecule has 2 aromatic heterocycles. The molecule has 0 saturated heterocycles. The van der Waals surface area contributed by atoms with E-state index in [0.717, 1.165) is 11.4 Å². The van der Waals surface area contributed by atoms with Crippen molar-refractivity contribution in [2.45, 2.75) is 19.4 Å². The van der Waals surface area contributed by atoms with E-state index < -0.39 is 10.4 Å². The maximum absolute atomic E-state index is 12.3. The second-order valence-corrected chi connectivity index (χ2v) is 6.91. The molecule has 8 heteroatoms. The highest BCUT2D eigenvalue weighted by atomic mass is 32.1. The SMILES string of the molecule is Cc1ccc([C@@H]2CC(c3c(O)sc(=O)[nH]c3=O)=Nc3ccccc3N2)o1. The van der Waals surface area contributed by atoms with Crippen molar-refractivity contribution in [2.75, 3.05) is 5.32 Å². The van der Waals surface area contributed by atoms with E-state index in [-0.39, 0.29) is 16.7 Å². The predicted molar refractivity (Wildman–Crippen MR) is 99.9 cm³/mol. The number of rotatable bonds is 2. The first-order valence-corrected chi connectivity index (χ1v) is 8.79. The van der Waals surface area contributed by atoms with Crippen molar-refractivity contribution in [1.82, 2.24) is 4.98 Å². The molecule has 1 aliphatic rings. The van der Waals surface area contributed by atoms with Crippen molar-refractivity contribution in [2.24, 2.45) is 4.99 Å². The van der Waals surface area contributed by atoms with Crippen LogP contribution in [0.25, 0.3) is 0 Å². The summed E-state index contributed by atoms with van der Waals surface area (Å²) in [5.74, 6) is 1.48. The topological polar surface area (TPSA) is 108 Å². The summed E-state index contributed by atoms with van der Waals surface area (Å²) in [7, 11) is 0. The third-order valence-corrected chi connectivity index (χ3v) is 4.81. The minimum atomic E-state index is -0.654. The average molecular weight is 369 g/mol. The molecule has 26 heavy (non-hydrogen) atoms. The van der Waals surface area contributed by atoms with Gasteiger partial charge in [-0.2, -0.15) is 0 Å². The number of fused-ring (bicyclic) bond motifs is 1. The molecule has 0 spiro atoms. The van der Waals surface area contributed by atoms with Gasteiger partial charge in [-0.3, -0.25) is 19.6 Å². The molecular formula is C18H15N3O4S. The number of aromatic hydroxyl groups is 1. The summed E-state index contributed by atoms with van der Waals surface area (Å²) in [5, 5.41) is 13.2. The number of aromatic amines is 1. The van der Waals surface area contributed by atoms with Gasteiger partial charge in [-0.05, 0) is 42.5 Å². The van der Waals surface area contributed by atoms with Crippen molar-refractivity contribution in [3.8, 4) is 5.06 Å². The molecule has 1 aromatic carbocycles. The lowest BCUT2D eigenvalue weighted by Crippen LogP contribution is -2.25. The van der Waals surface area contributed by atoms with Crippen LogP contribution in [0.2, 0.25) is 0 Å². The van der Waals surface area contributed by atoms with E-state index in [9.17, 15) is 14.7 Å². The van der Waals surface area contributed by atoms with Crippen molar-refractivity contribution in [3.63, 3.8) is 0 Å². The van der Waals surface area contributed by atoms with E-state index in [4.69, 9.17) is 4.42 Å². The highest BCUT2D eigenvalue weighted by molar-refractivity contribution is 7.11. The highest BCUT2D eigenvalue weighted by Gasteiger charge is 2.26. The molecule has 3 heterocycles. The van der Waals surface area contributed by atoms with Gasteiger partial charge >= 0.3 is 4.87 Å². The Hall–Kier alpha value is -3.13. The van der Waals surface area contributed by atoms with Gasteiger partial charge in [0, 0.05) is 6.42 Å². The fourth-order valence-corrected chi connectivity index (χ4v) is 3.59. The normalized spacial score (nSPS) is 16.3. The molecule has 0 radical (unpaired) electrons.